The molecule has 0 bridgehead atoms. The molecule has 0 atom stereocenters. The summed E-state index contributed by atoms with van der Waals surface area (Å²) in [4.78, 5) is 20.6. The van der Waals surface area contributed by atoms with Crippen molar-refractivity contribution >= 4 is 0 Å². The zero-order valence-electron chi connectivity index (χ0n) is 11.5. The summed E-state index contributed by atoms with van der Waals surface area (Å²) in [5, 5.41) is 51.0. The Labute approximate surface area is 143 Å². The predicted octanol–water partition coefficient (Wildman–Crippen LogP) is 0.963. The Bertz CT molecular complexity index is 507. The zero-order chi connectivity index (χ0) is 17.4. The van der Waals surface area contributed by atoms with E-state index in [4.69, 9.17) is 41.4 Å². The van der Waals surface area contributed by atoms with Crippen molar-refractivity contribution in [1.29, 1.82) is 10.8 Å². The Kier molecular flexibility index (Phi) is 23.2. The third-order valence-corrected chi connectivity index (χ3v) is 1.46. The van der Waals surface area contributed by atoms with Crippen LogP contribution in [0.15, 0.2) is 18.2 Å². The molecule has 0 aromatic carbocycles. The van der Waals surface area contributed by atoms with E-state index in [1.165, 1.54) is 0 Å². The maximum absolute atomic E-state index is 8.25. The van der Waals surface area contributed by atoms with Gasteiger partial charge in [0.1, 0.15) is 0 Å². The molecule has 0 aliphatic rings. The normalized spacial score (nSPS) is 6.92. The Balaban J connectivity index is -0.000000170. The monoisotopic (exact) mass is 395 g/mol. The molecule has 1 rings (SSSR count). The summed E-state index contributed by atoms with van der Waals surface area (Å²) in [5.41, 5.74) is 8.08. The van der Waals surface area contributed by atoms with Crippen molar-refractivity contribution in [2.24, 2.45) is 0 Å². The van der Waals surface area contributed by atoms with Crippen LogP contribution in [0, 0.1) is 41.4 Å². The smallest absolute Gasteiger partial charge is 0.457 e. The quantitative estimate of drug-likeness (QED) is 0.230. The molecule has 16 nitrogen and oxygen atoms in total. The second kappa shape index (κ2) is 19.5. The van der Waals surface area contributed by atoms with Crippen molar-refractivity contribution in [2.75, 3.05) is 0 Å². The molecule has 1 radical (unpaired) electrons. The summed E-state index contributed by atoms with van der Waals surface area (Å²) in [6.45, 7) is 0.418. The minimum absolute atomic E-state index is 0. The van der Waals surface area contributed by atoms with Crippen LogP contribution >= 0.6 is 0 Å². The summed E-state index contributed by atoms with van der Waals surface area (Å²) < 4.78 is 0. The van der Waals surface area contributed by atoms with Crippen LogP contribution in [0.5, 0.6) is 0 Å². The first-order valence-electron chi connectivity index (χ1n) is 4.93. The molecule has 3 N–H and O–H groups in total. The molecule has 24 heavy (non-hydrogen) atoms. The Morgan fingerprint density at radius 3 is 1.50 bits per heavy atom. The summed E-state index contributed by atoms with van der Waals surface area (Å²) in [6, 6.07) is 5.26. The van der Waals surface area contributed by atoms with E-state index in [9.17, 15) is 0 Å². The Morgan fingerprint density at radius 2 is 1.25 bits per heavy atom. The molecule has 0 unspecified atom stereocenters. The van der Waals surface area contributed by atoms with Crippen molar-refractivity contribution in [1.82, 2.24) is 4.98 Å². The van der Waals surface area contributed by atoms with Crippen LogP contribution in [0.4, 0.5) is 0 Å². The van der Waals surface area contributed by atoms with Gasteiger partial charge in [0.2, 0.25) is 0 Å². The maximum Gasteiger partial charge on any atom is 2.00 e. The predicted molar refractivity (Wildman–Crippen MR) is 74.1 cm³/mol. The minimum atomic E-state index is -1.75. The van der Waals surface area contributed by atoms with Gasteiger partial charge < -0.3 is 36.1 Å². The van der Waals surface area contributed by atoms with Gasteiger partial charge in [-0.2, -0.15) is 0 Å². The van der Waals surface area contributed by atoms with E-state index in [0.29, 0.717) is 11.4 Å². The molecule has 1 aromatic heterocycles. The average Bonchev–Trinajstić information content (AvgIpc) is 2.42. The molecule has 0 saturated carbocycles. The molecule has 0 fully saturated rings. The van der Waals surface area contributed by atoms with Gasteiger partial charge in [-0.15, -0.1) is 10.8 Å². The van der Waals surface area contributed by atoms with Gasteiger partial charge in [0.15, 0.2) is 0 Å². The number of nitrogens with zero attached hydrogens (tertiary/aromatic N) is 9. The zero-order valence-corrected chi connectivity index (χ0v) is 12.4. The molecule has 0 aliphatic carbocycles. The van der Waals surface area contributed by atoms with Crippen LogP contribution < -0.4 is 0 Å². The number of rotatable bonds is 4. The molecule has 0 spiro atoms. The summed E-state index contributed by atoms with van der Waals surface area (Å²) >= 11 is 0. The van der Waals surface area contributed by atoms with Gasteiger partial charge in [0.25, 0.3) is 0 Å². The molecular weight excluding hydrogens is 386 g/mol. The van der Waals surface area contributed by atoms with Gasteiger partial charge in [0.05, 0.1) is 33.4 Å². The second-order valence-corrected chi connectivity index (χ2v) is 2.85. The fourth-order valence-corrected chi connectivity index (χ4v) is 0.914. The molecule has 17 heteroatoms. The standard InChI is InChI=1S/C7H7N7.Cu.2NO3.H2O/c8-13-10-4-6-2-1-3-7(12-6)5-11-14-9;;2*2-1(3)4;/h1-3H,4-5H2;;;;1H2/q;+2;2*-1;/p+1. The first kappa shape index (κ1) is 28.6. The van der Waals surface area contributed by atoms with Crippen LogP contribution in [0.2, 0.25) is 0 Å². The van der Waals surface area contributed by atoms with Gasteiger partial charge in [-0.3, -0.25) is 4.98 Å². The number of pyridine rings is 1. The van der Waals surface area contributed by atoms with Crippen molar-refractivity contribution in [3.8, 4) is 0 Å². The molecule has 0 amide bonds. The van der Waals surface area contributed by atoms with Crippen LogP contribution in [0.3, 0.4) is 0 Å². The Hall–Kier alpha value is -3.53. The number of diazo groups is 2. The van der Waals surface area contributed by atoms with E-state index < -0.39 is 10.2 Å². The van der Waals surface area contributed by atoms with E-state index in [0.717, 1.165) is 0 Å². The third-order valence-electron chi connectivity index (χ3n) is 1.46. The fraction of sp³-hybridized carbons (Fsp3) is 0.286. The number of hydrogen-bond donors (Lipinski definition) is 0. The van der Waals surface area contributed by atoms with Crippen LogP contribution in [0.1, 0.15) is 11.4 Å². The molecule has 1 heterocycles. The van der Waals surface area contributed by atoms with E-state index >= 15 is 0 Å². The molecule has 0 aliphatic heterocycles. The van der Waals surface area contributed by atoms with Crippen molar-refractivity contribution < 1.29 is 32.7 Å². The summed E-state index contributed by atoms with van der Waals surface area (Å²) in [5.74, 6) is 0. The number of aromatic nitrogens is 1. The number of hydrogen-bond acceptors (Lipinski definition) is 9. The topological polar surface area (TPSA) is 263 Å². The number of azide groups is 2. The van der Waals surface area contributed by atoms with Crippen LogP contribution in [0.25, 0.3) is 21.0 Å². The largest absolute Gasteiger partial charge is 2.00 e. The fourth-order valence-electron chi connectivity index (χ4n) is 0.914. The summed E-state index contributed by atoms with van der Waals surface area (Å²) in [6.07, 6.45) is 0. The third kappa shape index (κ3) is 26.9. The van der Waals surface area contributed by atoms with E-state index in [1.807, 2.05) is 0 Å². The molecule has 0 saturated heterocycles. The van der Waals surface area contributed by atoms with Gasteiger partial charge in [0, 0.05) is 11.4 Å². The van der Waals surface area contributed by atoms with Gasteiger partial charge in [-0.1, -0.05) is 16.9 Å². The van der Waals surface area contributed by atoms with E-state index in [2.05, 4.69) is 26.0 Å². The van der Waals surface area contributed by atoms with Crippen LogP contribution in [-0.4, -0.2) is 15.2 Å². The van der Waals surface area contributed by atoms with Gasteiger partial charge in [-0.05, 0) is 12.1 Å². The molecule has 135 valence electrons. The van der Waals surface area contributed by atoms with Crippen molar-refractivity contribution in [3.05, 3.63) is 81.3 Å². The van der Waals surface area contributed by atoms with Crippen LogP contribution in [-0.2, 0) is 35.6 Å². The molecule has 1 aromatic rings. The van der Waals surface area contributed by atoms with Gasteiger partial charge >= 0.3 is 17.1 Å². The SMILES string of the molecule is N#[N+][N-]Cc1cccc(C[N-][N+]#N)n1.O=[N+]([O-])[O-].O=[N+]([O-])[O-].[Cu+2].[OH3+]. The summed E-state index contributed by atoms with van der Waals surface area (Å²) in [7, 11) is 0. The first-order valence-corrected chi connectivity index (χ1v) is 4.93. The van der Waals surface area contributed by atoms with Gasteiger partial charge in [-0.25, -0.2) is 0 Å². The van der Waals surface area contributed by atoms with Crippen molar-refractivity contribution in [2.45, 2.75) is 13.1 Å². The maximum atomic E-state index is 8.25. The van der Waals surface area contributed by atoms with Crippen molar-refractivity contribution in [3.63, 3.8) is 0 Å². The van der Waals surface area contributed by atoms with E-state index in [-0.39, 0.29) is 35.6 Å². The average molecular weight is 396 g/mol. The minimum Gasteiger partial charge on any atom is -0.457 e. The molecular formula is C7H10CuN9O7+. The van der Waals surface area contributed by atoms with E-state index in [1.54, 1.807) is 18.2 Å². The Morgan fingerprint density at radius 1 is 0.958 bits per heavy atom. The first-order chi connectivity index (χ1) is 10.3. The second-order valence-electron chi connectivity index (χ2n) is 2.85.